The summed E-state index contributed by atoms with van der Waals surface area (Å²) in [7, 11) is -4.27. The zero-order valence-corrected chi connectivity index (χ0v) is 28.5. The van der Waals surface area contributed by atoms with Crippen molar-refractivity contribution in [3.63, 3.8) is 0 Å². The molecule has 1 fully saturated rings. The number of amides is 2. The van der Waals surface area contributed by atoms with E-state index in [4.69, 9.17) is 32.7 Å². The van der Waals surface area contributed by atoms with Gasteiger partial charge in [-0.25, -0.2) is 8.42 Å². The number of halogens is 8. The predicted octanol–water partition coefficient (Wildman–Crippen LogP) is 7.57. The van der Waals surface area contributed by atoms with E-state index < -0.39 is 82.2 Å². The molecule has 51 heavy (non-hydrogen) atoms. The Kier molecular flexibility index (Phi) is 9.34. The Bertz CT molecular complexity index is 2170. The summed E-state index contributed by atoms with van der Waals surface area (Å²) in [5, 5.41) is 0.275. The van der Waals surface area contributed by atoms with Crippen LogP contribution >= 0.6 is 23.2 Å². The Hall–Kier alpha value is -4.28. The summed E-state index contributed by atoms with van der Waals surface area (Å²) in [6.45, 7) is -2.48. The standard InChI is InChI=1S/C33H25Cl2F6N3O6S/c1-17-12-18(14-51(47,48)43-30(46)31(9-10-31)25-21(34)5-2-6-22(25)35)7-8-23(17)44-13-20-24(29(44)45)27(49-15-32(36,37)38)19-4-3-11-42-26(19)28(20)50-16-33(39,40)41/h2-8,11-12H,9-10,13-16H2,1H3,(H,43,46). The van der Waals surface area contributed by atoms with E-state index in [-0.39, 0.29) is 37.8 Å². The number of hydrogen-bond donors (Lipinski definition) is 1. The zero-order valence-electron chi connectivity index (χ0n) is 26.2. The summed E-state index contributed by atoms with van der Waals surface area (Å²) in [4.78, 5) is 32.2. The van der Waals surface area contributed by atoms with Crippen molar-refractivity contribution in [3.05, 3.63) is 92.6 Å². The summed E-state index contributed by atoms with van der Waals surface area (Å²) in [6, 6.07) is 11.4. The highest BCUT2D eigenvalue weighted by Crippen LogP contribution is 2.53. The van der Waals surface area contributed by atoms with E-state index >= 15 is 0 Å². The molecule has 18 heteroatoms. The maximum atomic E-state index is 13.9. The number of carbonyl (C=O) groups is 2. The van der Waals surface area contributed by atoms with Crippen LogP contribution in [0.1, 0.15) is 45.5 Å². The summed E-state index contributed by atoms with van der Waals surface area (Å²) in [5.74, 6) is -3.31. The third-order valence-corrected chi connectivity index (χ3v) is 10.2. The molecule has 0 atom stereocenters. The molecule has 1 aromatic heterocycles. The van der Waals surface area contributed by atoms with Crippen LogP contribution in [0.25, 0.3) is 10.9 Å². The Balaban J connectivity index is 1.29. The summed E-state index contributed by atoms with van der Waals surface area (Å²) in [5.41, 5.74) is -1.01. The van der Waals surface area contributed by atoms with Gasteiger partial charge in [0.2, 0.25) is 15.9 Å². The molecule has 1 N–H and O–H groups in total. The topological polar surface area (TPSA) is 115 Å². The van der Waals surface area contributed by atoms with Gasteiger partial charge in [0.25, 0.3) is 5.91 Å². The molecule has 3 aromatic carbocycles. The molecule has 1 saturated carbocycles. The van der Waals surface area contributed by atoms with E-state index in [0.717, 1.165) is 4.90 Å². The second-order valence-electron chi connectivity index (χ2n) is 12.1. The van der Waals surface area contributed by atoms with E-state index in [1.807, 2.05) is 0 Å². The van der Waals surface area contributed by atoms with Gasteiger partial charge in [-0.15, -0.1) is 0 Å². The van der Waals surface area contributed by atoms with Gasteiger partial charge in [-0.05, 0) is 61.2 Å². The largest absolute Gasteiger partial charge is 0.483 e. The number of alkyl halides is 6. The first-order chi connectivity index (χ1) is 23.8. The number of hydrogen-bond acceptors (Lipinski definition) is 7. The fraction of sp³-hybridized carbons (Fsp3) is 0.303. The van der Waals surface area contributed by atoms with Gasteiger partial charge in [0.1, 0.15) is 11.3 Å². The van der Waals surface area contributed by atoms with Gasteiger partial charge in [-0.2, -0.15) is 26.3 Å². The third-order valence-electron chi connectivity index (χ3n) is 8.39. The van der Waals surface area contributed by atoms with Gasteiger partial charge >= 0.3 is 12.4 Å². The number of nitrogens with zero attached hydrogens (tertiary/aromatic N) is 2. The lowest BCUT2D eigenvalue weighted by Gasteiger charge is -2.20. The first-order valence-corrected chi connectivity index (χ1v) is 17.4. The number of carbonyl (C=O) groups excluding carboxylic acids is 2. The van der Waals surface area contributed by atoms with Gasteiger partial charge in [0, 0.05) is 38.4 Å². The van der Waals surface area contributed by atoms with Crippen molar-refractivity contribution in [2.24, 2.45) is 0 Å². The Labute approximate surface area is 296 Å². The zero-order chi connectivity index (χ0) is 37.1. The first kappa shape index (κ1) is 36.5. The maximum absolute atomic E-state index is 13.9. The van der Waals surface area contributed by atoms with Gasteiger partial charge in [0.15, 0.2) is 19.0 Å². The molecule has 0 bridgehead atoms. The van der Waals surface area contributed by atoms with Crippen molar-refractivity contribution in [3.8, 4) is 11.5 Å². The van der Waals surface area contributed by atoms with Crippen molar-refractivity contribution < 1.29 is 53.8 Å². The predicted molar refractivity (Wildman–Crippen MR) is 175 cm³/mol. The monoisotopic (exact) mass is 775 g/mol. The third kappa shape index (κ3) is 7.39. The van der Waals surface area contributed by atoms with E-state index in [1.54, 1.807) is 18.2 Å². The lowest BCUT2D eigenvalue weighted by molar-refractivity contribution is -0.154. The van der Waals surface area contributed by atoms with Crippen LogP contribution in [0, 0.1) is 6.92 Å². The highest BCUT2D eigenvalue weighted by molar-refractivity contribution is 7.89. The smallest absolute Gasteiger partial charge is 0.422 e. The highest BCUT2D eigenvalue weighted by atomic mass is 35.5. The highest BCUT2D eigenvalue weighted by Gasteiger charge is 2.54. The number of anilines is 1. The summed E-state index contributed by atoms with van der Waals surface area (Å²) >= 11 is 12.6. The second-order valence-corrected chi connectivity index (χ2v) is 14.6. The number of nitrogens with one attached hydrogen (secondary N) is 1. The van der Waals surface area contributed by atoms with Crippen molar-refractivity contribution in [1.29, 1.82) is 0 Å². The van der Waals surface area contributed by atoms with Crippen molar-refractivity contribution in [2.45, 2.75) is 49.8 Å². The maximum Gasteiger partial charge on any atom is 0.422 e. The summed E-state index contributed by atoms with van der Waals surface area (Å²) in [6.07, 6.45) is -7.76. The molecule has 2 heterocycles. The molecular formula is C33H25Cl2F6N3O6S. The number of aryl methyl sites for hydroxylation is 1. The minimum Gasteiger partial charge on any atom is -0.483 e. The molecule has 6 rings (SSSR count). The minimum atomic E-state index is -4.82. The SMILES string of the molecule is Cc1cc(CS(=O)(=O)NC(=O)C2(c3c(Cl)cccc3Cl)CC2)ccc1N1Cc2c(c(OCC(F)(F)F)c3cccnc3c2OCC(F)(F)F)C1=O. The van der Waals surface area contributed by atoms with Crippen LogP contribution in [-0.4, -0.2) is 50.8 Å². The van der Waals surface area contributed by atoms with Crippen LogP contribution in [0.15, 0.2) is 54.7 Å². The summed E-state index contributed by atoms with van der Waals surface area (Å²) < 4.78 is 118. The molecule has 9 nitrogen and oxygen atoms in total. The number of aromatic nitrogens is 1. The van der Waals surface area contributed by atoms with Crippen LogP contribution < -0.4 is 19.1 Å². The van der Waals surface area contributed by atoms with Crippen LogP contribution in [0.3, 0.4) is 0 Å². The van der Waals surface area contributed by atoms with E-state index in [2.05, 4.69) is 9.71 Å². The lowest BCUT2D eigenvalue weighted by atomic mass is 9.95. The number of pyridine rings is 1. The molecule has 1 aliphatic carbocycles. The van der Waals surface area contributed by atoms with E-state index in [0.29, 0.717) is 24.0 Å². The fourth-order valence-corrected chi connectivity index (χ4v) is 8.05. The van der Waals surface area contributed by atoms with Gasteiger partial charge < -0.3 is 14.4 Å². The Morgan fingerprint density at radius 2 is 1.59 bits per heavy atom. The van der Waals surface area contributed by atoms with E-state index in [1.165, 1.54) is 43.5 Å². The molecule has 270 valence electrons. The number of fused-ring (bicyclic) bond motifs is 2. The van der Waals surface area contributed by atoms with Gasteiger partial charge in [-0.1, -0.05) is 41.4 Å². The van der Waals surface area contributed by atoms with Gasteiger partial charge in [0.05, 0.1) is 23.3 Å². The molecule has 0 spiro atoms. The molecule has 4 aromatic rings. The van der Waals surface area contributed by atoms with Crippen molar-refractivity contribution in [1.82, 2.24) is 9.71 Å². The molecular weight excluding hydrogens is 751 g/mol. The molecule has 0 radical (unpaired) electrons. The minimum absolute atomic E-state index is 0.169. The van der Waals surface area contributed by atoms with E-state index in [9.17, 15) is 44.3 Å². The number of sulfonamides is 1. The number of ether oxygens (including phenoxy) is 2. The van der Waals surface area contributed by atoms with Crippen LogP contribution in [-0.2, 0) is 32.5 Å². The first-order valence-electron chi connectivity index (χ1n) is 15.0. The molecule has 0 saturated heterocycles. The molecule has 2 aliphatic rings. The van der Waals surface area contributed by atoms with Crippen molar-refractivity contribution in [2.75, 3.05) is 18.1 Å². The van der Waals surface area contributed by atoms with Crippen LogP contribution in [0.4, 0.5) is 32.0 Å². The fourth-order valence-electron chi connectivity index (χ4n) is 6.12. The normalized spacial score (nSPS) is 15.5. The average molecular weight is 777 g/mol. The second kappa shape index (κ2) is 13.0. The number of rotatable bonds is 10. The Morgan fingerprint density at radius 3 is 2.18 bits per heavy atom. The van der Waals surface area contributed by atoms with Crippen LogP contribution in [0.5, 0.6) is 11.5 Å². The van der Waals surface area contributed by atoms with Crippen LogP contribution in [0.2, 0.25) is 10.0 Å². The van der Waals surface area contributed by atoms with Gasteiger partial charge in [-0.3, -0.25) is 19.3 Å². The lowest BCUT2D eigenvalue weighted by Crippen LogP contribution is -2.39. The van der Waals surface area contributed by atoms with Crippen molar-refractivity contribution >= 4 is 61.6 Å². The Morgan fingerprint density at radius 1 is 0.961 bits per heavy atom. The average Bonchev–Trinajstić information content (AvgIpc) is 3.75. The molecule has 2 amide bonds. The molecule has 0 unspecified atom stereocenters. The number of benzene rings is 3. The quantitative estimate of drug-likeness (QED) is 0.165. The molecule has 1 aliphatic heterocycles.